The summed E-state index contributed by atoms with van der Waals surface area (Å²) in [7, 11) is 0. The molecule has 0 heterocycles. The van der Waals surface area contributed by atoms with Crippen molar-refractivity contribution in [2.45, 2.75) is 39.7 Å². The van der Waals surface area contributed by atoms with Gasteiger partial charge in [-0.3, -0.25) is 0 Å². The van der Waals surface area contributed by atoms with Gasteiger partial charge in [-0.2, -0.15) is 12.6 Å². The maximum atomic E-state index is 4.14. The molecule has 0 rings (SSSR count). The third kappa shape index (κ3) is 6.59. The van der Waals surface area contributed by atoms with E-state index in [1.165, 1.54) is 12.8 Å². The average molecular weight is 187 g/mol. The van der Waals surface area contributed by atoms with Crippen molar-refractivity contribution < 1.29 is 0 Å². The van der Waals surface area contributed by atoms with Crippen LogP contribution in [0.25, 0.3) is 0 Å². The van der Waals surface area contributed by atoms with Gasteiger partial charge in [0.1, 0.15) is 0 Å². The van der Waals surface area contributed by atoms with Gasteiger partial charge in [0.05, 0.1) is 0 Å². The van der Waals surface area contributed by atoms with Gasteiger partial charge in [0.15, 0.2) is 0 Å². The molecular formula is C10H21NS. The molecule has 0 bridgehead atoms. The van der Waals surface area contributed by atoms with Gasteiger partial charge in [-0.25, -0.2) is 0 Å². The van der Waals surface area contributed by atoms with Crippen molar-refractivity contribution in [2.24, 2.45) is 5.92 Å². The highest BCUT2D eigenvalue weighted by atomic mass is 32.1. The lowest BCUT2D eigenvalue weighted by atomic mass is 10.0. The van der Waals surface area contributed by atoms with Crippen LogP contribution < -0.4 is 5.32 Å². The molecule has 0 aromatic heterocycles. The lowest BCUT2D eigenvalue weighted by Gasteiger charge is -2.16. The smallest absolute Gasteiger partial charge is 0.0296 e. The zero-order chi connectivity index (χ0) is 9.56. The Labute approximate surface area is 82.0 Å². The van der Waals surface area contributed by atoms with E-state index in [0.717, 1.165) is 17.4 Å². The van der Waals surface area contributed by atoms with Crippen LogP contribution in [0, 0.1) is 5.92 Å². The molecule has 1 unspecified atom stereocenters. The molecule has 0 aliphatic rings. The molecule has 0 fully saturated rings. The van der Waals surface area contributed by atoms with Crippen molar-refractivity contribution in [3.63, 3.8) is 0 Å². The summed E-state index contributed by atoms with van der Waals surface area (Å²) in [4.78, 5) is 0. The van der Waals surface area contributed by atoms with E-state index in [9.17, 15) is 0 Å². The normalized spacial score (nSPS) is 13.1. The first-order chi connectivity index (χ1) is 5.56. The standard InChI is InChI=1S/C10H21NS/c1-8(2)5-6-9(3)11-10(4)7-12/h8-9,11-12H,4-7H2,1-3H3. The molecule has 2 heteroatoms. The molecule has 0 aromatic rings. The third-order valence-corrected chi connectivity index (χ3v) is 2.20. The lowest BCUT2D eigenvalue weighted by molar-refractivity contribution is 0.478. The number of hydrogen-bond acceptors (Lipinski definition) is 2. The zero-order valence-corrected chi connectivity index (χ0v) is 9.32. The van der Waals surface area contributed by atoms with E-state index < -0.39 is 0 Å². The molecule has 1 nitrogen and oxygen atoms in total. The van der Waals surface area contributed by atoms with Crippen LogP contribution >= 0.6 is 12.6 Å². The molecule has 1 N–H and O–H groups in total. The molecule has 1 atom stereocenters. The minimum atomic E-state index is 0.534. The third-order valence-electron chi connectivity index (χ3n) is 1.82. The van der Waals surface area contributed by atoms with Crippen LogP contribution in [0.3, 0.4) is 0 Å². The summed E-state index contributed by atoms with van der Waals surface area (Å²) in [6.07, 6.45) is 2.48. The summed E-state index contributed by atoms with van der Waals surface area (Å²) in [5.74, 6) is 1.52. The second kappa shape index (κ2) is 6.41. The number of nitrogens with one attached hydrogen (secondary N) is 1. The van der Waals surface area contributed by atoms with Crippen LogP contribution in [-0.2, 0) is 0 Å². The van der Waals surface area contributed by atoms with Gasteiger partial charge in [-0.1, -0.05) is 20.4 Å². The summed E-state index contributed by atoms with van der Waals surface area (Å²) in [5.41, 5.74) is 1.02. The Balaban J connectivity index is 3.45. The summed E-state index contributed by atoms with van der Waals surface area (Å²) >= 11 is 4.14. The molecule has 0 saturated carbocycles. The molecule has 0 aliphatic carbocycles. The highest BCUT2D eigenvalue weighted by Gasteiger charge is 2.02. The highest BCUT2D eigenvalue weighted by Crippen LogP contribution is 2.07. The van der Waals surface area contributed by atoms with Gasteiger partial charge in [0.25, 0.3) is 0 Å². The topological polar surface area (TPSA) is 12.0 Å². The summed E-state index contributed by atoms with van der Waals surface area (Å²) in [6.45, 7) is 10.5. The first-order valence-electron chi connectivity index (χ1n) is 4.61. The maximum absolute atomic E-state index is 4.14. The second-order valence-electron chi connectivity index (χ2n) is 3.78. The molecular weight excluding hydrogens is 166 g/mol. The predicted molar refractivity (Wildman–Crippen MR) is 59.7 cm³/mol. The van der Waals surface area contributed by atoms with Gasteiger partial charge < -0.3 is 5.32 Å². The molecule has 0 saturated heterocycles. The Morgan fingerprint density at radius 3 is 2.33 bits per heavy atom. The van der Waals surface area contributed by atoms with Gasteiger partial charge >= 0.3 is 0 Å². The minimum Gasteiger partial charge on any atom is -0.386 e. The van der Waals surface area contributed by atoms with E-state index in [2.05, 4.69) is 45.3 Å². The predicted octanol–water partition coefficient (Wildman–Crippen LogP) is 2.84. The fourth-order valence-electron chi connectivity index (χ4n) is 1.05. The van der Waals surface area contributed by atoms with Gasteiger partial charge in [-0.05, 0) is 25.7 Å². The SMILES string of the molecule is C=C(CS)NC(C)CCC(C)C. The Bertz CT molecular complexity index is 132. The molecule has 0 aromatic carbocycles. The molecule has 0 spiro atoms. The Morgan fingerprint density at radius 1 is 1.33 bits per heavy atom. The number of rotatable bonds is 6. The first-order valence-corrected chi connectivity index (χ1v) is 5.24. The Morgan fingerprint density at radius 2 is 1.92 bits per heavy atom. The Kier molecular flexibility index (Phi) is 6.35. The first kappa shape index (κ1) is 11.9. The summed E-state index contributed by atoms with van der Waals surface area (Å²) in [6, 6.07) is 0.534. The van der Waals surface area contributed by atoms with Crippen molar-refractivity contribution in [1.82, 2.24) is 5.32 Å². The second-order valence-corrected chi connectivity index (χ2v) is 4.09. The summed E-state index contributed by atoms with van der Waals surface area (Å²) in [5, 5.41) is 3.31. The number of thiol groups is 1. The molecule has 12 heavy (non-hydrogen) atoms. The van der Waals surface area contributed by atoms with E-state index in [1.807, 2.05) is 0 Å². The molecule has 0 aliphatic heterocycles. The zero-order valence-electron chi connectivity index (χ0n) is 8.43. The van der Waals surface area contributed by atoms with E-state index >= 15 is 0 Å². The van der Waals surface area contributed by atoms with Crippen LogP contribution in [0.15, 0.2) is 12.3 Å². The van der Waals surface area contributed by atoms with Crippen molar-refractivity contribution >= 4 is 12.6 Å². The lowest BCUT2D eigenvalue weighted by Crippen LogP contribution is -2.25. The molecule has 0 amide bonds. The van der Waals surface area contributed by atoms with Crippen LogP contribution in [-0.4, -0.2) is 11.8 Å². The van der Waals surface area contributed by atoms with Crippen LogP contribution in [0.1, 0.15) is 33.6 Å². The fraction of sp³-hybridized carbons (Fsp3) is 0.800. The maximum Gasteiger partial charge on any atom is 0.0296 e. The number of hydrogen-bond donors (Lipinski definition) is 2. The largest absolute Gasteiger partial charge is 0.386 e. The van der Waals surface area contributed by atoms with Crippen LogP contribution in [0.5, 0.6) is 0 Å². The average Bonchev–Trinajstić information content (AvgIpc) is 2.00. The van der Waals surface area contributed by atoms with Crippen LogP contribution in [0.4, 0.5) is 0 Å². The summed E-state index contributed by atoms with van der Waals surface area (Å²) < 4.78 is 0. The van der Waals surface area contributed by atoms with Gasteiger partial charge in [0, 0.05) is 17.5 Å². The van der Waals surface area contributed by atoms with Crippen molar-refractivity contribution in [3.8, 4) is 0 Å². The van der Waals surface area contributed by atoms with E-state index in [0.29, 0.717) is 6.04 Å². The quantitative estimate of drug-likeness (QED) is 0.609. The monoisotopic (exact) mass is 187 g/mol. The van der Waals surface area contributed by atoms with E-state index in [-0.39, 0.29) is 0 Å². The Hall–Kier alpha value is -0.110. The molecule has 72 valence electrons. The van der Waals surface area contributed by atoms with Crippen LogP contribution in [0.2, 0.25) is 0 Å². The van der Waals surface area contributed by atoms with E-state index in [4.69, 9.17) is 0 Å². The highest BCUT2D eigenvalue weighted by molar-refractivity contribution is 7.80. The van der Waals surface area contributed by atoms with Crippen molar-refractivity contribution in [3.05, 3.63) is 12.3 Å². The van der Waals surface area contributed by atoms with Gasteiger partial charge in [0.2, 0.25) is 0 Å². The van der Waals surface area contributed by atoms with E-state index in [1.54, 1.807) is 0 Å². The fourth-order valence-corrected chi connectivity index (χ4v) is 1.14. The van der Waals surface area contributed by atoms with Gasteiger partial charge in [-0.15, -0.1) is 0 Å². The van der Waals surface area contributed by atoms with Crippen molar-refractivity contribution in [1.29, 1.82) is 0 Å². The molecule has 0 radical (unpaired) electrons. The minimum absolute atomic E-state index is 0.534. The van der Waals surface area contributed by atoms with Crippen molar-refractivity contribution in [2.75, 3.05) is 5.75 Å².